The number of benzene rings is 1. The third-order valence-electron chi connectivity index (χ3n) is 3.92. The average molecular weight is 459 g/mol. The summed E-state index contributed by atoms with van der Waals surface area (Å²) in [5, 5.41) is 0. The molecule has 0 saturated heterocycles. The summed E-state index contributed by atoms with van der Waals surface area (Å²) in [7, 11) is 0. The van der Waals surface area contributed by atoms with E-state index < -0.39 is 17.6 Å². The van der Waals surface area contributed by atoms with Gasteiger partial charge in [0, 0.05) is 11.0 Å². The maximum absolute atomic E-state index is 13.8. The Morgan fingerprint density at radius 2 is 1.67 bits per heavy atom. The number of hydrogen-bond donors (Lipinski definition) is 0. The van der Waals surface area contributed by atoms with E-state index in [9.17, 15) is 14.0 Å². The van der Waals surface area contributed by atoms with Gasteiger partial charge in [0.25, 0.3) is 11.8 Å². The normalized spacial score (nSPS) is 13.9. The minimum Gasteiger partial charge on any atom is -0.272 e. The molecule has 24 heavy (non-hydrogen) atoms. The topological polar surface area (TPSA) is 63.2 Å². The molecule has 1 aliphatic heterocycles. The molecule has 2 aromatic rings. The van der Waals surface area contributed by atoms with Gasteiger partial charge in [-0.1, -0.05) is 26.2 Å². The van der Waals surface area contributed by atoms with E-state index in [0.29, 0.717) is 16.5 Å². The van der Waals surface area contributed by atoms with Crippen LogP contribution >= 0.6 is 31.9 Å². The fourth-order valence-electron chi connectivity index (χ4n) is 2.66. The molecule has 0 atom stereocenters. The van der Waals surface area contributed by atoms with Crippen LogP contribution in [0.15, 0.2) is 15.0 Å². The third kappa shape index (κ3) is 2.86. The van der Waals surface area contributed by atoms with E-state index in [0.717, 1.165) is 25.7 Å². The van der Waals surface area contributed by atoms with Gasteiger partial charge in [-0.15, -0.1) is 0 Å². The fourth-order valence-corrected chi connectivity index (χ4v) is 3.53. The van der Waals surface area contributed by atoms with Crippen molar-refractivity contribution >= 4 is 54.7 Å². The molecule has 0 bridgehead atoms. The number of carbonyl (C=O) groups excluding carboxylic acids is 2. The molecule has 0 aliphatic carbocycles. The number of rotatable bonds is 5. The van der Waals surface area contributed by atoms with E-state index >= 15 is 0 Å². The van der Waals surface area contributed by atoms with Crippen LogP contribution in [0.25, 0.3) is 11.0 Å². The molecular formula is C16H14Br2FN3O2. The van der Waals surface area contributed by atoms with E-state index in [2.05, 4.69) is 48.8 Å². The lowest BCUT2D eigenvalue weighted by Crippen LogP contribution is -2.30. The predicted octanol–water partition coefficient (Wildman–Crippen LogP) is 4.47. The highest BCUT2D eigenvalue weighted by molar-refractivity contribution is 9.11. The zero-order chi connectivity index (χ0) is 17.4. The summed E-state index contributed by atoms with van der Waals surface area (Å²) < 4.78 is 14.4. The minimum absolute atomic E-state index is 0.0128. The van der Waals surface area contributed by atoms with Gasteiger partial charge in [-0.25, -0.2) is 14.4 Å². The molecule has 0 radical (unpaired) electrons. The molecule has 1 aliphatic rings. The van der Waals surface area contributed by atoms with Crippen LogP contribution in [0.2, 0.25) is 0 Å². The molecule has 0 fully saturated rings. The van der Waals surface area contributed by atoms with E-state index in [1.165, 1.54) is 11.0 Å². The summed E-state index contributed by atoms with van der Waals surface area (Å²) in [6.07, 6.45) is 3.84. The highest BCUT2D eigenvalue weighted by Gasteiger charge is 2.39. The van der Waals surface area contributed by atoms with Crippen molar-refractivity contribution in [1.29, 1.82) is 0 Å². The lowest BCUT2D eigenvalue weighted by Gasteiger charge is -2.12. The second-order valence-electron chi connectivity index (χ2n) is 5.59. The van der Waals surface area contributed by atoms with Gasteiger partial charge in [0.1, 0.15) is 16.9 Å². The monoisotopic (exact) mass is 457 g/mol. The van der Waals surface area contributed by atoms with Crippen LogP contribution in [0, 0.1) is 5.82 Å². The molecular weight excluding hydrogens is 445 g/mol. The van der Waals surface area contributed by atoms with Gasteiger partial charge >= 0.3 is 0 Å². The van der Waals surface area contributed by atoms with Crippen LogP contribution in [0.5, 0.6) is 0 Å². The van der Waals surface area contributed by atoms with Crippen molar-refractivity contribution in [3.05, 3.63) is 32.2 Å². The molecule has 1 aromatic heterocycles. The third-order valence-corrected chi connectivity index (χ3v) is 5.28. The molecule has 0 N–H and O–H groups in total. The SMILES string of the molecule is CCCCCCN1C(=O)c2nc3c(Br)cc(F)c(Br)c3nc2C1=O. The number of nitrogens with zero attached hydrogens (tertiary/aromatic N) is 3. The Labute approximate surface area is 154 Å². The van der Waals surface area contributed by atoms with E-state index in [-0.39, 0.29) is 21.4 Å². The largest absolute Gasteiger partial charge is 0.281 e. The average Bonchev–Trinajstić information content (AvgIpc) is 2.79. The maximum atomic E-state index is 13.8. The molecule has 2 heterocycles. The standard InChI is InChI=1S/C16H14Br2FN3O2/c1-2-3-4-5-6-22-15(23)13-14(16(22)24)21-12-10(18)9(19)7-8(17)11(12)20-13/h7H,2-6H2,1H3. The van der Waals surface area contributed by atoms with Crippen molar-refractivity contribution < 1.29 is 14.0 Å². The Balaban J connectivity index is 2.00. The van der Waals surface area contributed by atoms with Crippen molar-refractivity contribution in [3.63, 3.8) is 0 Å². The summed E-state index contributed by atoms with van der Waals surface area (Å²) in [6, 6.07) is 1.25. The molecule has 0 saturated carbocycles. The Morgan fingerprint density at radius 1 is 1.04 bits per heavy atom. The summed E-state index contributed by atoms with van der Waals surface area (Å²) in [5.41, 5.74) is 0.578. The van der Waals surface area contributed by atoms with Crippen molar-refractivity contribution in [2.24, 2.45) is 0 Å². The van der Waals surface area contributed by atoms with E-state index in [1.54, 1.807) is 0 Å². The van der Waals surface area contributed by atoms with Crippen LogP contribution in [0.4, 0.5) is 4.39 Å². The van der Waals surface area contributed by atoms with Gasteiger partial charge < -0.3 is 0 Å². The van der Waals surface area contributed by atoms with Gasteiger partial charge in [0.15, 0.2) is 11.4 Å². The molecule has 1 aromatic carbocycles. The zero-order valence-corrected chi connectivity index (χ0v) is 16.1. The number of unbranched alkanes of at least 4 members (excludes halogenated alkanes) is 3. The number of imide groups is 1. The summed E-state index contributed by atoms with van der Waals surface area (Å²) in [5.74, 6) is -1.42. The summed E-state index contributed by atoms with van der Waals surface area (Å²) >= 11 is 6.35. The van der Waals surface area contributed by atoms with Crippen LogP contribution in [0.1, 0.15) is 53.6 Å². The fraction of sp³-hybridized carbons (Fsp3) is 0.375. The Hall–Kier alpha value is -1.41. The molecule has 0 unspecified atom stereocenters. The summed E-state index contributed by atoms with van der Waals surface area (Å²) in [4.78, 5) is 34.6. The number of halogens is 3. The number of fused-ring (bicyclic) bond motifs is 2. The van der Waals surface area contributed by atoms with Crippen molar-refractivity contribution in [1.82, 2.24) is 14.9 Å². The highest BCUT2D eigenvalue weighted by atomic mass is 79.9. The first-order valence-electron chi connectivity index (χ1n) is 7.67. The molecule has 8 heteroatoms. The smallest absolute Gasteiger partial charge is 0.272 e. The van der Waals surface area contributed by atoms with E-state index in [4.69, 9.17) is 0 Å². The first-order chi connectivity index (χ1) is 11.5. The first-order valence-corrected chi connectivity index (χ1v) is 9.25. The molecule has 0 spiro atoms. The Bertz CT molecular complexity index is 857. The van der Waals surface area contributed by atoms with Crippen molar-refractivity contribution in [3.8, 4) is 0 Å². The molecule has 3 rings (SSSR count). The van der Waals surface area contributed by atoms with Crippen molar-refractivity contribution in [2.75, 3.05) is 6.54 Å². The van der Waals surface area contributed by atoms with Gasteiger partial charge in [-0.2, -0.15) is 0 Å². The second kappa shape index (κ2) is 6.84. The van der Waals surface area contributed by atoms with Gasteiger partial charge in [0.2, 0.25) is 0 Å². The lowest BCUT2D eigenvalue weighted by atomic mass is 10.2. The maximum Gasteiger partial charge on any atom is 0.281 e. The Kier molecular flexibility index (Phi) is 4.96. The number of hydrogen-bond acceptors (Lipinski definition) is 4. The van der Waals surface area contributed by atoms with Crippen LogP contribution in [-0.2, 0) is 0 Å². The predicted molar refractivity (Wildman–Crippen MR) is 94.4 cm³/mol. The molecule has 2 amide bonds. The Morgan fingerprint density at radius 3 is 2.29 bits per heavy atom. The van der Waals surface area contributed by atoms with Gasteiger partial charge in [0.05, 0.1) is 4.47 Å². The van der Waals surface area contributed by atoms with Gasteiger partial charge in [-0.3, -0.25) is 14.5 Å². The number of amides is 2. The van der Waals surface area contributed by atoms with Gasteiger partial charge in [-0.05, 0) is 44.3 Å². The second-order valence-corrected chi connectivity index (χ2v) is 7.24. The molecule has 5 nitrogen and oxygen atoms in total. The van der Waals surface area contributed by atoms with Crippen LogP contribution < -0.4 is 0 Å². The first kappa shape index (κ1) is 17.4. The lowest BCUT2D eigenvalue weighted by molar-refractivity contribution is 0.0648. The van der Waals surface area contributed by atoms with E-state index in [1.807, 2.05) is 0 Å². The van der Waals surface area contributed by atoms with Crippen LogP contribution in [-0.4, -0.2) is 33.2 Å². The summed E-state index contributed by atoms with van der Waals surface area (Å²) in [6.45, 7) is 2.44. The van der Waals surface area contributed by atoms with Crippen LogP contribution in [0.3, 0.4) is 0 Å². The van der Waals surface area contributed by atoms with Crippen molar-refractivity contribution in [2.45, 2.75) is 32.6 Å². The minimum atomic E-state index is -0.517. The highest BCUT2D eigenvalue weighted by Crippen LogP contribution is 2.33. The quantitative estimate of drug-likeness (QED) is 0.376. The number of aromatic nitrogens is 2. The number of carbonyl (C=O) groups is 2. The zero-order valence-electron chi connectivity index (χ0n) is 12.9. The molecule has 126 valence electrons.